The third-order valence-corrected chi connectivity index (χ3v) is 8.55. The minimum Gasteiger partial charge on any atom is -0.497 e. The van der Waals surface area contributed by atoms with Crippen molar-refractivity contribution in [3.05, 3.63) is 88.4 Å². The molecule has 0 saturated heterocycles. The van der Waals surface area contributed by atoms with Crippen LogP contribution in [-0.2, 0) is 26.2 Å². The SMILES string of the molecule is CC[C@@H](C(=O)NCC(C)C)N(Cc1ccc(OC)cc1)C(=O)CN(c1cc(Cl)cc(Cl)c1)S(=O)(=O)c1ccccc1. The molecule has 0 heterocycles. The largest absolute Gasteiger partial charge is 0.497 e. The summed E-state index contributed by atoms with van der Waals surface area (Å²) >= 11 is 12.5. The van der Waals surface area contributed by atoms with Gasteiger partial charge in [0.15, 0.2) is 0 Å². The van der Waals surface area contributed by atoms with Crippen molar-refractivity contribution in [3.8, 4) is 5.75 Å². The summed E-state index contributed by atoms with van der Waals surface area (Å²) in [6.07, 6.45) is 0.320. The smallest absolute Gasteiger partial charge is 0.264 e. The summed E-state index contributed by atoms with van der Waals surface area (Å²) < 4.78 is 34.0. The molecule has 0 bridgehead atoms. The van der Waals surface area contributed by atoms with E-state index in [-0.39, 0.29) is 39.0 Å². The van der Waals surface area contributed by atoms with Gasteiger partial charge in [-0.2, -0.15) is 0 Å². The first kappa shape index (κ1) is 32.2. The number of hydrogen-bond acceptors (Lipinski definition) is 5. The van der Waals surface area contributed by atoms with Crippen molar-refractivity contribution in [2.24, 2.45) is 5.92 Å². The molecule has 3 rings (SSSR count). The molecule has 3 aromatic carbocycles. The van der Waals surface area contributed by atoms with Gasteiger partial charge in [-0.05, 0) is 60.4 Å². The molecule has 1 N–H and O–H groups in total. The van der Waals surface area contributed by atoms with Crippen LogP contribution in [0.15, 0.2) is 77.7 Å². The fraction of sp³-hybridized carbons (Fsp3) is 0.333. The lowest BCUT2D eigenvalue weighted by atomic mass is 10.1. The van der Waals surface area contributed by atoms with E-state index in [2.05, 4.69) is 5.32 Å². The van der Waals surface area contributed by atoms with Crippen LogP contribution in [0.1, 0.15) is 32.8 Å². The van der Waals surface area contributed by atoms with Crippen molar-refractivity contribution < 1.29 is 22.7 Å². The zero-order valence-corrected chi connectivity index (χ0v) is 25.8. The van der Waals surface area contributed by atoms with Crippen molar-refractivity contribution in [2.75, 3.05) is 24.5 Å². The number of halogens is 2. The monoisotopic (exact) mass is 619 g/mol. The maximum Gasteiger partial charge on any atom is 0.264 e. The van der Waals surface area contributed by atoms with E-state index in [0.29, 0.717) is 18.7 Å². The lowest BCUT2D eigenvalue weighted by Crippen LogP contribution is -2.52. The fourth-order valence-corrected chi connectivity index (χ4v) is 6.13. The molecular weight excluding hydrogens is 585 g/mol. The molecule has 220 valence electrons. The molecule has 0 fully saturated rings. The van der Waals surface area contributed by atoms with Crippen LogP contribution < -0.4 is 14.4 Å². The highest BCUT2D eigenvalue weighted by atomic mass is 35.5. The van der Waals surface area contributed by atoms with Crippen molar-refractivity contribution in [3.63, 3.8) is 0 Å². The van der Waals surface area contributed by atoms with E-state index in [9.17, 15) is 18.0 Å². The quantitative estimate of drug-likeness (QED) is 0.262. The number of carbonyl (C=O) groups is 2. The Morgan fingerprint density at radius 3 is 2.10 bits per heavy atom. The van der Waals surface area contributed by atoms with Crippen LogP contribution in [0, 0.1) is 5.92 Å². The summed E-state index contributed by atoms with van der Waals surface area (Å²) in [5, 5.41) is 3.33. The second-order valence-corrected chi connectivity index (χ2v) is 12.6. The number of carbonyl (C=O) groups excluding carboxylic acids is 2. The van der Waals surface area contributed by atoms with E-state index in [4.69, 9.17) is 27.9 Å². The highest BCUT2D eigenvalue weighted by Gasteiger charge is 2.34. The Morgan fingerprint density at radius 1 is 0.951 bits per heavy atom. The molecule has 0 saturated carbocycles. The third-order valence-electron chi connectivity index (χ3n) is 6.33. The molecule has 0 spiro atoms. The average Bonchev–Trinajstić information content (AvgIpc) is 2.94. The van der Waals surface area contributed by atoms with Gasteiger partial charge in [-0.1, -0.05) is 74.3 Å². The number of nitrogens with one attached hydrogen (secondary N) is 1. The van der Waals surface area contributed by atoms with Crippen molar-refractivity contribution in [1.82, 2.24) is 10.2 Å². The molecule has 0 radical (unpaired) electrons. The zero-order valence-electron chi connectivity index (χ0n) is 23.5. The summed E-state index contributed by atoms with van der Waals surface area (Å²) in [6, 6.07) is 18.4. The summed E-state index contributed by atoms with van der Waals surface area (Å²) in [5.74, 6) is -0.0260. The summed E-state index contributed by atoms with van der Waals surface area (Å²) in [5.41, 5.74) is 0.874. The molecular formula is C30H35Cl2N3O5S. The molecule has 11 heteroatoms. The lowest BCUT2D eigenvalue weighted by Gasteiger charge is -2.33. The lowest BCUT2D eigenvalue weighted by molar-refractivity contribution is -0.140. The minimum atomic E-state index is -4.22. The van der Waals surface area contributed by atoms with Gasteiger partial charge in [0.2, 0.25) is 11.8 Å². The summed E-state index contributed by atoms with van der Waals surface area (Å²) in [7, 11) is -2.66. The second kappa shape index (κ2) is 14.6. The van der Waals surface area contributed by atoms with Crippen LogP contribution in [-0.4, -0.2) is 51.4 Å². The Labute approximate surface area is 252 Å². The first-order valence-corrected chi connectivity index (χ1v) is 15.4. The molecule has 41 heavy (non-hydrogen) atoms. The van der Waals surface area contributed by atoms with Crippen molar-refractivity contribution in [1.29, 1.82) is 0 Å². The van der Waals surface area contributed by atoms with E-state index in [0.717, 1.165) is 9.87 Å². The van der Waals surface area contributed by atoms with Gasteiger partial charge in [-0.25, -0.2) is 8.42 Å². The maximum absolute atomic E-state index is 14.1. The Bertz CT molecular complexity index is 1410. The third kappa shape index (κ3) is 8.61. The van der Waals surface area contributed by atoms with Gasteiger partial charge < -0.3 is 15.0 Å². The number of ether oxygens (including phenoxy) is 1. The van der Waals surface area contributed by atoms with Gasteiger partial charge in [0.1, 0.15) is 18.3 Å². The number of rotatable bonds is 13. The molecule has 3 aromatic rings. The number of amides is 2. The van der Waals surface area contributed by atoms with Gasteiger partial charge in [-0.15, -0.1) is 0 Å². The highest BCUT2D eigenvalue weighted by Crippen LogP contribution is 2.30. The molecule has 0 aliphatic rings. The number of sulfonamides is 1. The number of anilines is 1. The number of benzene rings is 3. The number of hydrogen-bond donors (Lipinski definition) is 1. The predicted octanol–water partition coefficient (Wildman–Crippen LogP) is 5.78. The Balaban J connectivity index is 2.06. The molecule has 0 aliphatic carbocycles. The molecule has 2 amide bonds. The number of nitrogens with zero attached hydrogens (tertiary/aromatic N) is 2. The summed E-state index contributed by atoms with van der Waals surface area (Å²) in [6.45, 7) is 5.69. The minimum absolute atomic E-state index is 0.00711. The van der Waals surface area contributed by atoms with Gasteiger partial charge in [-0.3, -0.25) is 13.9 Å². The van der Waals surface area contributed by atoms with E-state index >= 15 is 0 Å². The molecule has 0 aromatic heterocycles. The molecule has 1 atom stereocenters. The summed E-state index contributed by atoms with van der Waals surface area (Å²) in [4.78, 5) is 28.8. The second-order valence-electron chi connectivity index (χ2n) is 9.89. The predicted molar refractivity (Wildman–Crippen MR) is 163 cm³/mol. The Kier molecular flexibility index (Phi) is 11.5. The van der Waals surface area contributed by atoms with E-state index in [1.165, 1.54) is 35.2 Å². The molecule has 0 unspecified atom stereocenters. The van der Waals surface area contributed by atoms with E-state index in [1.54, 1.807) is 49.6 Å². The van der Waals surface area contributed by atoms with Crippen LogP contribution in [0.4, 0.5) is 5.69 Å². The maximum atomic E-state index is 14.1. The average molecular weight is 621 g/mol. The van der Waals surface area contributed by atoms with Crippen LogP contribution in [0.25, 0.3) is 0 Å². The zero-order chi connectivity index (χ0) is 30.2. The van der Waals surface area contributed by atoms with E-state index in [1.807, 2.05) is 20.8 Å². The van der Waals surface area contributed by atoms with Gasteiger partial charge >= 0.3 is 0 Å². The highest BCUT2D eigenvalue weighted by molar-refractivity contribution is 7.92. The first-order valence-electron chi connectivity index (χ1n) is 13.2. The van der Waals surface area contributed by atoms with Crippen LogP contribution in [0.5, 0.6) is 5.75 Å². The van der Waals surface area contributed by atoms with Gasteiger partial charge in [0, 0.05) is 23.1 Å². The van der Waals surface area contributed by atoms with Crippen molar-refractivity contribution in [2.45, 2.75) is 44.7 Å². The van der Waals surface area contributed by atoms with Crippen LogP contribution >= 0.6 is 23.2 Å². The Morgan fingerprint density at radius 2 is 1.56 bits per heavy atom. The standard InChI is InChI=1S/C30H35Cl2N3O5S/c1-5-28(30(37)33-18-21(2)3)34(19-22-11-13-26(40-4)14-12-22)29(36)20-35(25-16-23(31)15-24(32)17-25)41(38,39)27-9-7-6-8-10-27/h6-17,21,28H,5,18-20H2,1-4H3,(H,33,37)/t28-/m0/s1. The first-order chi connectivity index (χ1) is 19.5. The molecule has 0 aliphatic heterocycles. The van der Waals surface area contributed by atoms with Crippen molar-refractivity contribution >= 4 is 50.7 Å². The fourth-order valence-electron chi connectivity index (χ4n) is 4.20. The van der Waals surface area contributed by atoms with Crippen LogP contribution in [0.3, 0.4) is 0 Å². The topological polar surface area (TPSA) is 96.0 Å². The normalized spacial score (nSPS) is 12.1. The van der Waals surface area contributed by atoms with E-state index < -0.39 is 28.5 Å². The van der Waals surface area contributed by atoms with Crippen LogP contribution in [0.2, 0.25) is 10.0 Å². The van der Waals surface area contributed by atoms with Gasteiger partial charge in [0.25, 0.3) is 10.0 Å². The van der Waals surface area contributed by atoms with Gasteiger partial charge in [0.05, 0.1) is 17.7 Å². The Hall–Kier alpha value is -3.27. The molecule has 8 nitrogen and oxygen atoms in total. The number of methoxy groups -OCH3 is 1.